The Morgan fingerprint density at radius 1 is 1.00 bits per heavy atom. The number of rotatable bonds is 6. The Morgan fingerprint density at radius 2 is 1.74 bits per heavy atom. The summed E-state index contributed by atoms with van der Waals surface area (Å²) in [7, 11) is 0. The zero-order chi connectivity index (χ0) is 21.8. The number of carbonyl (C=O) groups is 1. The van der Waals surface area contributed by atoms with Crippen molar-refractivity contribution in [3.63, 3.8) is 0 Å². The van der Waals surface area contributed by atoms with Crippen LogP contribution in [-0.2, 0) is 13.2 Å². The van der Waals surface area contributed by atoms with Gasteiger partial charge < -0.3 is 9.64 Å². The fourth-order valence-corrected chi connectivity index (χ4v) is 4.98. The van der Waals surface area contributed by atoms with Crippen LogP contribution in [-0.4, -0.2) is 41.9 Å². The molecule has 6 heteroatoms. The predicted octanol–water partition coefficient (Wildman–Crippen LogP) is 5.56. The molecule has 1 amide bonds. The van der Waals surface area contributed by atoms with Crippen LogP contribution >= 0.6 is 22.9 Å². The number of benzene rings is 2. The van der Waals surface area contributed by atoms with Gasteiger partial charge in [0.15, 0.2) is 0 Å². The lowest BCUT2D eigenvalue weighted by Gasteiger charge is -2.34. The molecular weight excluding hydrogens is 428 g/mol. The minimum Gasteiger partial charge on any atom is -0.489 e. The van der Waals surface area contributed by atoms with Crippen LogP contribution in [0.4, 0.5) is 0 Å². The van der Waals surface area contributed by atoms with Gasteiger partial charge in [-0.1, -0.05) is 29.8 Å². The van der Waals surface area contributed by atoms with Crippen LogP contribution in [0.3, 0.4) is 0 Å². The van der Waals surface area contributed by atoms with Crippen LogP contribution in [0.15, 0.2) is 53.9 Å². The predicted molar refractivity (Wildman–Crippen MR) is 127 cm³/mol. The van der Waals surface area contributed by atoms with Crippen molar-refractivity contribution in [1.29, 1.82) is 0 Å². The molecule has 162 valence electrons. The molecule has 0 unspecified atom stereocenters. The summed E-state index contributed by atoms with van der Waals surface area (Å²) in [6, 6.07) is 16.1. The van der Waals surface area contributed by atoms with Gasteiger partial charge in [-0.3, -0.25) is 9.69 Å². The van der Waals surface area contributed by atoms with Gasteiger partial charge >= 0.3 is 0 Å². The second-order valence-electron chi connectivity index (χ2n) is 8.13. The minimum absolute atomic E-state index is 0.116. The highest BCUT2D eigenvalue weighted by Crippen LogP contribution is 2.22. The van der Waals surface area contributed by atoms with Crippen molar-refractivity contribution in [2.24, 2.45) is 0 Å². The van der Waals surface area contributed by atoms with Gasteiger partial charge in [-0.2, -0.15) is 0 Å². The number of amides is 1. The molecule has 3 aromatic rings. The van der Waals surface area contributed by atoms with E-state index in [1.165, 1.54) is 28.0 Å². The highest BCUT2D eigenvalue weighted by Gasteiger charge is 2.23. The molecule has 1 aromatic heterocycles. The van der Waals surface area contributed by atoms with Gasteiger partial charge in [0.25, 0.3) is 5.91 Å². The van der Waals surface area contributed by atoms with E-state index in [9.17, 15) is 4.79 Å². The fourth-order valence-electron chi connectivity index (χ4n) is 3.90. The molecular formula is C25H27ClN2O2S. The van der Waals surface area contributed by atoms with E-state index in [1.807, 2.05) is 46.7 Å². The number of thiophene rings is 1. The third-order valence-electron chi connectivity index (χ3n) is 5.42. The third kappa shape index (κ3) is 5.88. The first kappa shape index (κ1) is 21.9. The molecule has 1 aliphatic heterocycles. The smallest absolute Gasteiger partial charge is 0.264 e. The number of halogens is 1. The summed E-state index contributed by atoms with van der Waals surface area (Å²) >= 11 is 7.59. The molecule has 0 bridgehead atoms. The van der Waals surface area contributed by atoms with Gasteiger partial charge in [-0.15, -0.1) is 11.3 Å². The standard InChI is InChI=1S/C25H27ClN2O2S/c1-18-10-19(2)12-23(11-18)30-16-21-14-24(31-17-21)25(29)28-8-6-27(7-9-28)15-20-4-3-5-22(26)13-20/h3-5,10-14,17H,6-9,15-16H2,1-2H3. The monoisotopic (exact) mass is 454 g/mol. The molecule has 2 aromatic carbocycles. The Morgan fingerprint density at radius 3 is 2.45 bits per heavy atom. The van der Waals surface area contributed by atoms with Gasteiger partial charge in [0.05, 0.1) is 4.88 Å². The summed E-state index contributed by atoms with van der Waals surface area (Å²) in [6.45, 7) is 8.68. The first-order valence-electron chi connectivity index (χ1n) is 10.5. The maximum absolute atomic E-state index is 12.9. The number of hydrogen-bond acceptors (Lipinski definition) is 4. The number of hydrogen-bond donors (Lipinski definition) is 0. The van der Waals surface area contributed by atoms with Gasteiger partial charge in [0.2, 0.25) is 0 Å². The van der Waals surface area contributed by atoms with Crippen LogP contribution in [0.2, 0.25) is 5.02 Å². The molecule has 4 nitrogen and oxygen atoms in total. The van der Waals surface area contributed by atoms with E-state index in [1.54, 1.807) is 0 Å². The van der Waals surface area contributed by atoms with E-state index in [0.29, 0.717) is 6.61 Å². The zero-order valence-corrected chi connectivity index (χ0v) is 19.5. The molecule has 1 aliphatic rings. The Bertz CT molecular complexity index is 1040. The Balaban J connectivity index is 1.29. The summed E-state index contributed by atoms with van der Waals surface area (Å²) in [5.74, 6) is 0.984. The van der Waals surface area contributed by atoms with Crippen LogP contribution in [0.1, 0.15) is 31.9 Å². The summed E-state index contributed by atoms with van der Waals surface area (Å²) in [4.78, 5) is 18.0. The van der Waals surface area contributed by atoms with Crippen molar-refractivity contribution in [2.75, 3.05) is 26.2 Å². The molecule has 4 rings (SSSR count). The molecule has 1 saturated heterocycles. The first-order chi connectivity index (χ1) is 15.0. The quantitative estimate of drug-likeness (QED) is 0.489. The molecule has 1 fully saturated rings. The lowest BCUT2D eigenvalue weighted by molar-refractivity contribution is 0.0633. The second kappa shape index (κ2) is 9.86. The molecule has 0 spiro atoms. The molecule has 31 heavy (non-hydrogen) atoms. The fraction of sp³-hybridized carbons (Fsp3) is 0.320. The number of carbonyl (C=O) groups excluding carboxylic acids is 1. The van der Waals surface area contributed by atoms with Crippen molar-refractivity contribution in [3.05, 3.63) is 86.1 Å². The van der Waals surface area contributed by atoms with E-state index in [4.69, 9.17) is 16.3 Å². The van der Waals surface area contributed by atoms with Crippen LogP contribution in [0.25, 0.3) is 0 Å². The first-order valence-corrected chi connectivity index (χ1v) is 11.8. The average Bonchev–Trinajstić information content (AvgIpc) is 3.21. The summed E-state index contributed by atoms with van der Waals surface area (Å²) < 4.78 is 5.94. The molecule has 0 atom stereocenters. The van der Waals surface area contributed by atoms with Crippen molar-refractivity contribution >= 4 is 28.8 Å². The summed E-state index contributed by atoms with van der Waals surface area (Å²) in [5.41, 5.74) is 4.61. The number of ether oxygens (including phenoxy) is 1. The van der Waals surface area contributed by atoms with E-state index in [-0.39, 0.29) is 5.91 Å². The molecule has 2 heterocycles. The van der Waals surface area contributed by atoms with Gasteiger partial charge in [0.1, 0.15) is 12.4 Å². The highest BCUT2D eigenvalue weighted by atomic mass is 35.5. The molecule has 0 saturated carbocycles. The third-order valence-corrected chi connectivity index (χ3v) is 6.62. The number of aryl methyl sites for hydroxylation is 2. The largest absolute Gasteiger partial charge is 0.489 e. The highest BCUT2D eigenvalue weighted by molar-refractivity contribution is 7.12. The maximum atomic E-state index is 12.9. The van der Waals surface area contributed by atoms with Crippen molar-refractivity contribution in [2.45, 2.75) is 27.0 Å². The minimum atomic E-state index is 0.116. The van der Waals surface area contributed by atoms with E-state index in [0.717, 1.165) is 53.9 Å². The second-order valence-corrected chi connectivity index (χ2v) is 9.48. The van der Waals surface area contributed by atoms with Crippen LogP contribution in [0.5, 0.6) is 5.75 Å². The Kier molecular flexibility index (Phi) is 6.96. The average molecular weight is 455 g/mol. The summed E-state index contributed by atoms with van der Waals surface area (Å²) in [6.07, 6.45) is 0. The van der Waals surface area contributed by atoms with Crippen LogP contribution < -0.4 is 4.74 Å². The topological polar surface area (TPSA) is 32.8 Å². The SMILES string of the molecule is Cc1cc(C)cc(OCc2csc(C(=O)N3CCN(Cc4cccc(Cl)c4)CC3)c2)c1. The maximum Gasteiger partial charge on any atom is 0.264 e. The normalized spacial score (nSPS) is 14.6. The van der Waals surface area contributed by atoms with E-state index in [2.05, 4.69) is 30.9 Å². The van der Waals surface area contributed by atoms with Gasteiger partial charge in [0, 0.05) is 43.3 Å². The van der Waals surface area contributed by atoms with Crippen LogP contribution in [0, 0.1) is 13.8 Å². The van der Waals surface area contributed by atoms with Gasteiger partial charge in [-0.05, 0) is 66.2 Å². The van der Waals surface area contributed by atoms with Crippen molar-refractivity contribution in [1.82, 2.24) is 9.80 Å². The zero-order valence-electron chi connectivity index (χ0n) is 17.9. The molecule has 0 aliphatic carbocycles. The number of piperazine rings is 1. The van der Waals surface area contributed by atoms with Crippen molar-refractivity contribution in [3.8, 4) is 5.75 Å². The summed E-state index contributed by atoms with van der Waals surface area (Å²) in [5, 5.41) is 2.78. The number of nitrogens with zero attached hydrogens (tertiary/aromatic N) is 2. The van der Waals surface area contributed by atoms with Crippen molar-refractivity contribution < 1.29 is 9.53 Å². The molecule has 0 radical (unpaired) electrons. The molecule has 0 N–H and O–H groups in total. The lowest BCUT2D eigenvalue weighted by atomic mass is 10.1. The Labute approximate surface area is 193 Å². The van der Waals surface area contributed by atoms with Gasteiger partial charge in [-0.25, -0.2) is 0 Å². The van der Waals surface area contributed by atoms with E-state index >= 15 is 0 Å². The Hall–Kier alpha value is -2.34. The van der Waals surface area contributed by atoms with E-state index < -0.39 is 0 Å². The lowest BCUT2D eigenvalue weighted by Crippen LogP contribution is -2.48.